The lowest BCUT2D eigenvalue weighted by atomic mass is 9.96. The predicted molar refractivity (Wildman–Crippen MR) is 72.0 cm³/mol. The highest BCUT2D eigenvalue weighted by Gasteiger charge is 2.39. The van der Waals surface area contributed by atoms with E-state index < -0.39 is 11.4 Å². The molecule has 0 aliphatic carbocycles. The molecule has 0 saturated carbocycles. The second-order valence-corrected chi connectivity index (χ2v) is 5.43. The second kappa shape index (κ2) is 5.03. The quantitative estimate of drug-likeness (QED) is 0.747. The van der Waals surface area contributed by atoms with Crippen molar-refractivity contribution >= 4 is 27.3 Å². The van der Waals surface area contributed by atoms with Crippen LogP contribution in [-0.4, -0.2) is 30.0 Å². The SMILES string of the molecule is CC1OCCC1(O)CNc1cc(Br)c(F)cc1N. The van der Waals surface area contributed by atoms with Gasteiger partial charge in [-0.2, -0.15) is 0 Å². The number of rotatable bonds is 3. The van der Waals surface area contributed by atoms with Gasteiger partial charge in [0.25, 0.3) is 0 Å². The summed E-state index contributed by atoms with van der Waals surface area (Å²) in [4.78, 5) is 0. The van der Waals surface area contributed by atoms with Crippen LogP contribution in [0.3, 0.4) is 0 Å². The normalized spacial score (nSPS) is 27.4. The number of aliphatic hydroxyl groups is 1. The molecule has 2 atom stereocenters. The van der Waals surface area contributed by atoms with Gasteiger partial charge in [-0.3, -0.25) is 0 Å². The number of nitrogens with one attached hydrogen (secondary N) is 1. The van der Waals surface area contributed by atoms with Crippen LogP contribution in [0.1, 0.15) is 13.3 Å². The maximum Gasteiger partial charge on any atom is 0.139 e. The molecule has 0 bridgehead atoms. The molecular formula is C12H16BrFN2O2. The van der Waals surface area contributed by atoms with Gasteiger partial charge in [0.2, 0.25) is 0 Å². The molecule has 0 radical (unpaired) electrons. The minimum Gasteiger partial charge on any atom is -0.397 e. The van der Waals surface area contributed by atoms with E-state index in [0.717, 1.165) is 0 Å². The molecule has 0 amide bonds. The predicted octanol–water partition coefficient (Wildman–Crippen LogP) is 2.12. The molecular weight excluding hydrogens is 303 g/mol. The molecule has 1 aromatic rings. The Bertz CT molecular complexity index is 458. The van der Waals surface area contributed by atoms with Gasteiger partial charge in [0.05, 0.1) is 22.0 Å². The van der Waals surface area contributed by atoms with Crippen LogP contribution in [0.15, 0.2) is 16.6 Å². The van der Waals surface area contributed by atoms with Crippen LogP contribution in [0.25, 0.3) is 0 Å². The molecule has 2 unspecified atom stereocenters. The zero-order chi connectivity index (χ0) is 13.3. The molecule has 2 rings (SSSR count). The number of hydrogen-bond donors (Lipinski definition) is 3. The first-order valence-corrected chi connectivity index (χ1v) is 6.54. The molecule has 0 spiro atoms. The largest absolute Gasteiger partial charge is 0.397 e. The lowest BCUT2D eigenvalue weighted by Gasteiger charge is -2.27. The third-order valence-electron chi connectivity index (χ3n) is 3.34. The average Bonchev–Trinajstić information content (AvgIpc) is 2.63. The summed E-state index contributed by atoms with van der Waals surface area (Å²) in [5.74, 6) is -0.408. The minimum absolute atomic E-state index is 0.227. The number of nitrogens with two attached hydrogens (primary N) is 1. The van der Waals surface area contributed by atoms with Crippen LogP contribution in [-0.2, 0) is 4.74 Å². The molecule has 1 aromatic carbocycles. The number of anilines is 2. The first kappa shape index (κ1) is 13.6. The van der Waals surface area contributed by atoms with Gasteiger partial charge in [0, 0.05) is 25.6 Å². The molecule has 1 saturated heterocycles. The van der Waals surface area contributed by atoms with Gasteiger partial charge in [-0.25, -0.2) is 4.39 Å². The van der Waals surface area contributed by atoms with E-state index in [9.17, 15) is 9.50 Å². The van der Waals surface area contributed by atoms with Crippen molar-refractivity contribution < 1.29 is 14.2 Å². The summed E-state index contributed by atoms with van der Waals surface area (Å²) in [6.07, 6.45) is 0.346. The van der Waals surface area contributed by atoms with Crippen LogP contribution < -0.4 is 11.1 Å². The highest BCUT2D eigenvalue weighted by Crippen LogP contribution is 2.30. The fourth-order valence-electron chi connectivity index (χ4n) is 1.97. The smallest absolute Gasteiger partial charge is 0.139 e. The third-order valence-corrected chi connectivity index (χ3v) is 3.94. The van der Waals surface area contributed by atoms with Crippen LogP contribution >= 0.6 is 15.9 Å². The van der Waals surface area contributed by atoms with Crippen LogP contribution in [0.4, 0.5) is 15.8 Å². The van der Waals surface area contributed by atoms with Crippen LogP contribution in [0.2, 0.25) is 0 Å². The molecule has 1 heterocycles. The van der Waals surface area contributed by atoms with Gasteiger partial charge in [-0.1, -0.05) is 0 Å². The molecule has 4 nitrogen and oxygen atoms in total. The Kier molecular flexibility index (Phi) is 3.79. The summed E-state index contributed by atoms with van der Waals surface area (Å²) >= 11 is 3.10. The maximum atomic E-state index is 13.2. The third kappa shape index (κ3) is 2.60. The van der Waals surface area contributed by atoms with Crippen molar-refractivity contribution in [3.8, 4) is 0 Å². The summed E-state index contributed by atoms with van der Waals surface area (Å²) in [6, 6.07) is 2.81. The summed E-state index contributed by atoms with van der Waals surface area (Å²) in [5, 5.41) is 13.4. The van der Waals surface area contributed by atoms with Crippen LogP contribution in [0, 0.1) is 5.82 Å². The number of ether oxygens (including phenoxy) is 1. The van der Waals surface area contributed by atoms with E-state index in [1.807, 2.05) is 6.92 Å². The van der Waals surface area contributed by atoms with Crippen molar-refractivity contribution in [3.63, 3.8) is 0 Å². The molecule has 18 heavy (non-hydrogen) atoms. The number of benzene rings is 1. The maximum absolute atomic E-state index is 13.2. The fraction of sp³-hybridized carbons (Fsp3) is 0.500. The standard InChI is InChI=1S/C12H16BrFN2O2/c1-7-12(17,2-3-18-7)6-16-11-4-8(13)9(14)5-10(11)15/h4-5,7,16-17H,2-3,6,15H2,1H3. The van der Waals surface area contributed by atoms with Crippen molar-refractivity contribution in [3.05, 3.63) is 22.4 Å². The highest BCUT2D eigenvalue weighted by atomic mass is 79.9. The Morgan fingerprint density at radius 2 is 2.39 bits per heavy atom. The topological polar surface area (TPSA) is 67.5 Å². The molecule has 100 valence electrons. The van der Waals surface area contributed by atoms with Crippen molar-refractivity contribution in [1.82, 2.24) is 0 Å². The van der Waals surface area contributed by atoms with E-state index in [1.165, 1.54) is 6.07 Å². The van der Waals surface area contributed by atoms with Crippen molar-refractivity contribution in [1.29, 1.82) is 0 Å². The fourth-order valence-corrected chi connectivity index (χ4v) is 2.31. The van der Waals surface area contributed by atoms with Gasteiger partial charge in [-0.15, -0.1) is 0 Å². The molecule has 4 N–H and O–H groups in total. The van der Waals surface area contributed by atoms with Crippen molar-refractivity contribution in [2.45, 2.75) is 25.0 Å². The molecule has 1 aliphatic heterocycles. The van der Waals surface area contributed by atoms with Gasteiger partial charge in [0.1, 0.15) is 11.4 Å². The molecule has 6 heteroatoms. The Morgan fingerprint density at radius 3 is 3.00 bits per heavy atom. The van der Waals surface area contributed by atoms with E-state index in [2.05, 4.69) is 21.2 Å². The van der Waals surface area contributed by atoms with Crippen molar-refractivity contribution in [2.75, 3.05) is 24.2 Å². The number of nitrogen functional groups attached to an aromatic ring is 1. The van der Waals surface area contributed by atoms with E-state index >= 15 is 0 Å². The van der Waals surface area contributed by atoms with E-state index in [0.29, 0.717) is 35.4 Å². The first-order valence-electron chi connectivity index (χ1n) is 5.75. The number of halogens is 2. The monoisotopic (exact) mass is 318 g/mol. The van der Waals surface area contributed by atoms with E-state index in [-0.39, 0.29) is 6.10 Å². The Hall–Kier alpha value is -0.850. The summed E-state index contributed by atoms with van der Waals surface area (Å²) in [7, 11) is 0. The first-order chi connectivity index (χ1) is 8.42. The zero-order valence-corrected chi connectivity index (χ0v) is 11.6. The molecule has 0 aromatic heterocycles. The lowest BCUT2D eigenvalue weighted by molar-refractivity contribution is -0.0175. The second-order valence-electron chi connectivity index (χ2n) is 4.57. The molecule has 1 aliphatic rings. The van der Waals surface area contributed by atoms with E-state index in [4.69, 9.17) is 10.5 Å². The van der Waals surface area contributed by atoms with Gasteiger partial charge >= 0.3 is 0 Å². The van der Waals surface area contributed by atoms with Crippen molar-refractivity contribution in [2.24, 2.45) is 0 Å². The average molecular weight is 319 g/mol. The van der Waals surface area contributed by atoms with E-state index in [1.54, 1.807) is 6.07 Å². The Balaban J connectivity index is 2.09. The lowest BCUT2D eigenvalue weighted by Crippen LogP contribution is -2.43. The highest BCUT2D eigenvalue weighted by molar-refractivity contribution is 9.10. The van der Waals surface area contributed by atoms with Crippen LogP contribution in [0.5, 0.6) is 0 Å². The zero-order valence-electron chi connectivity index (χ0n) is 10.0. The molecule has 1 fully saturated rings. The van der Waals surface area contributed by atoms with Gasteiger partial charge in [-0.05, 0) is 28.9 Å². The minimum atomic E-state index is -0.909. The summed E-state index contributed by atoms with van der Waals surface area (Å²) in [5.41, 5.74) is 5.71. The summed E-state index contributed by atoms with van der Waals surface area (Å²) in [6.45, 7) is 2.69. The summed E-state index contributed by atoms with van der Waals surface area (Å²) < 4.78 is 18.9. The Labute approximate surface area is 113 Å². The Morgan fingerprint density at radius 1 is 1.67 bits per heavy atom. The van der Waals surface area contributed by atoms with Gasteiger partial charge < -0.3 is 20.9 Å². The van der Waals surface area contributed by atoms with Gasteiger partial charge in [0.15, 0.2) is 0 Å². The number of hydrogen-bond acceptors (Lipinski definition) is 4.